The molecule has 0 bridgehead atoms. The van der Waals surface area contributed by atoms with Crippen molar-refractivity contribution in [3.05, 3.63) is 75.8 Å². The number of hydrogen-bond acceptors (Lipinski definition) is 6. The van der Waals surface area contributed by atoms with Gasteiger partial charge in [0.1, 0.15) is 11.4 Å². The van der Waals surface area contributed by atoms with E-state index in [1.54, 1.807) is 30.8 Å². The minimum atomic E-state index is -1.09. The zero-order valence-electron chi connectivity index (χ0n) is 20.6. The highest BCUT2D eigenvalue weighted by Crippen LogP contribution is 2.50. The van der Waals surface area contributed by atoms with Gasteiger partial charge in [-0.15, -0.1) is 0 Å². The molecule has 0 atom stereocenters. The van der Waals surface area contributed by atoms with Crippen LogP contribution in [0.1, 0.15) is 62.4 Å². The third-order valence-corrected chi connectivity index (χ3v) is 7.82. The van der Waals surface area contributed by atoms with E-state index in [4.69, 9.17) is 4.98 Å². The van der Waals surface area contributed by atoms with Gasteiger partial charge in [0.05, 0.1) is 22.6 Å². The van der Waals surface area contributed by atoms with Crippen molar-refractivity contribution in [1.29, 1.82) is 0 Å². The van der Waals surface area contributed by atoms with E-state index in [2.05, 4.69) is 33.8 Å². The molecule has 0 unspecified atom stereocenters. The molecule has 0 saturated heterocycles. The van der Waals surface area contributed by atoms with Crippen molar-refractivity contribution in [2.45, 2.75) is 63.1 Å². The van der Waals surface area contributed by atoms with Crippen molar-refractivity contribution < 1.29 is 5.11 Å². The van der Waals surface area contributed by atoms with E-state index in [1.165, 1.54) is 24.0 Å². The lowest BCUT2D eigenvalue weighted by atomic mass is 9.88. The van der Waals surface area contributed by atoms with Crippen LogP contribution < -0.4 is 16.2 Å². The Morgan fingerprint density at radius 1 is 1.17 bits per heavy atom. The maximum absolute atomic E-state index is 13.4. The summed E-state index contributed by atoms with van der Waals surface area (Å²) in [6, 6.07) is 14.2. The minimum Gasteiger partial charge on any atom is -0.384 e. The van der Waals surface area contributed by atoms with Crippen LogP contribution in [0.25, 0.3) is 16.7 Å². The van der Waals surface area contributed by atoms with E-state index < -0.39 is 5.60 Å². The molecule has 36 heavy (non-hydrogen) atoms. The fourth-order valence-corrected chi connectivity index (χ4v) is 5.56. The van der Waals surface area contributed by atoms with Crippen LogP contribution in [-0.4, -0.2) is 31.0 Å². The van der Waals surface area contributed by atoms with Crippen molar-refractivity contribution in [3.63, 3.8) is 0 Å². The van der Waals surface area contributed by atoms with E-state index in [0.717, 1.165) is 37.1 Å². The molecule has 3 aromatic heterocycles. The number of pyridine rings is 2. The van der Waals surface area contributed by atoms with Gasteiger partial charge >= 0.3 is 0 Å². The summed E-state index contributed by atoms with van der Waals surface area (Å²) in [6.45, 7) is 5.38. The zero-order valence-corrected chi connectivity index (χ0v) is 20.6. The van der Waals surface area contributed by atoms with E-state index in [-0.39, 0.29) is 11.6 Å². The number of fused-ring (bicyclic) bond motifs is 3. The summed E-state index contributed by atoms with van der Waals surface area (Å²) in [4.78, 5) is 22.7. The second-order valence-electron chi connectivity index (χ2n) is 11.1. The minimum absolute atomic E-state index is 0.0587. The Morgan fingerprint density at radius 2 is 2.00 bits per heavy atom. The normalized spacial score (nSPS) is 18.4. The van der Waals surface area contributed by atoms with E-state index in [0.29, 0.717) is 28.1 Å². The molecule has 0 amide bonds. The Hall–Kier alpha value is -3.49. The summed E-state index contributed by atoms with van der Waals surface area (Å²) in [5.74, 6) is 1.29. The Morgan fingerprint density at radius 3 is 2.75 bits per heavy atom. The molecule has 1 aromatic carbocycles. The van der Waals surface area contributed by atoms with Gasteiger partial charge in [-0.3, -0.25) is 4.79 Å². The van der Waals surface area contributed by atoms with Gasteiger partial charge in [-0.05, 0) is 74.9 Å². The molecule has 8 heteroatoms. The summed E-state index contributed by atoms with van der Waals surface area (Å²) in [6.07, 6.45) is 6.11. The largest absolute Gasteiger partial charge is 0.384 e. The first-order valence-corrected chi connectivity index (χ1v) is 12.8. The van der Waals surface area contributed by atoms with Crippen molar-refractivity contribution >= 4 is 22.4 Å². The molecule has 2 fully saturated rings. The Labute approximate surface area is 209 Å². The maximum atomic E-state index is 13.4. The first kappa shape index (κ1) is 21.8. The molecule has 1 spiro atoms. The monoisotopic (exact) mass is 482 g/mol. The fraction of sp³-hybridized carbons (Fsp3) is 0.393. The number of anilines is 2. The Balaban J connectivity index is 1.32. The van der Waals surface area contributed by atoms with Crippen molar-refractivity contribution in [1.82, 2.24) is 24.6 Å². The molecule has 3 aliphatic rings. The summed E-state index contributed by atoms with van der Waals surface area (Å²) >= 11 is 0. The Bertz CT molecular complexity index is 1570. The topological polar surface area (TPSA) is 97.0 Å². The molecule has 7 rings (SSSR count). The van der Waals surface area contributed by atoms with Gasteiger partial charge in [0.2, 0.25) is 0 Å². The first-order valence-electron chi connectivity index (χ1n) is 12.8. The number of hydrogen-bond donors (Lipinski definition) is 3. The molecule has 1 aliphatic heterocycles. The standard InChI is InChI=1S/C28H30N6O2/c1-27(2,36)23-4-3-5-25(32-23)34-22-13-24(30-15-20(22)26(35)33(34)19-7-8-19)31-18-6-9-21-17(12-18)14-29-16-28(21)10-11-28/h3-6,9,12-13,15,19,29,36H,7-8,10-11,14,16H2,1-2H3,(H,30,31). The maximum Gasteiger partial charge on any atom is 0.276 e. The van der Waals surface area contributed by atoms with Gasteiger partial charge in [-0.2, -0.15) is 0 Å². The molecular weight excluding hydrogens is 452 g/mol. The first-order chi connectivity index (χ1) is 17.3. The van der Waals surface area contributed by atoms with Crippen LogP contribution in [0.15, 0.2) is 53.5 Å². The van der Waals surface area contributed by atoms with Crippen molar-refractivity contribution in [3.8, 4) is 5.82 Å². The molecule has 184 valence electrons. The lowest BCUT2D eigenvalue weighted by Crippen LogP contribution is -2.33. The van der Waals surface area contributed by atoms with Crippen LogP contribution >= 0.6 is 0 Å². The second kappa shape index (κ2) is 7.51. The number of nitrogens with zero attached hydrogens (tertiary/aromatic N) is 4. The van der Waals surface area contributed by atoms with E-state index >= 15 is 0 Å². The highest BCUT2D eigenvalue weighted by molar-refractivity contribution is 5.82. The van der Waals surface area contributed by atoms with E-state index in [9.17, 15) is 9.90 Å². The number of benzene rings is 1. The highest BCUT2D eigenvalue weighted by Gasteiger charge is 2.46. The Kier molecular flexibility index (Phi) is 4.54. The predicted octanol–water partition coefficient (Wildman–Crippen LogP) is 4.02. The van der Waals surface area contributed by atoms with Crippen molar-refractivity contribution in [2.75, 3.05) is 11.9 Å². The predicted molar refractivity (Wildman–Crippen MR) is 139 cm³/mol. The van der Waals surface area contributed by atoms with Gasteiger partial charge in [0, 0.05) is 36.5 Å². The smallest absolute Gasteiger partial charge is 0.276 e. The zero-order chi connectivity index (χ0) is 24.7. The van der Waals surface area contributed by atoms with Gasteiger partial charge in [0.25, 0.3) is 5.56 Å². The molecule has 0 radical (unpaired) electrons. The quantitative estimate of drug-likeness (QED) is 0.398. The molecule has 8 nitrogen and oxygen atoms in total. The lowest BCUT2D eigenvalue weighted by Gasteiger charge is -2.26. The van der Waals surface area contributed by atoms with Gasteiger partial charge < -0.3 is 15.7 Å². The summed E-state index contributed by atoms with van der Waals surface area (Å²) in [5.41, 5.74) is 4.31. The lowest BCUT2D eigenvalue weighted by molar-refractivity contribution is 0.0738. The molecular formula is C28H30N6O2. The van der Waals surface area contributed by atoms with E-state index in [1.807, 2.05) is 22.9 Å². The summed E-state index contributed by atoms with van der Waals surface area (Å²) in [5, 5.41) is 18.1. The highest BCUT2D eigenvalue weighted by atomic mass is 16.3. The van der Waals surface area contributed by atoms with Gasteiger partial charge in [-0.25, -0.2) is 19.3 Å². The summed E-state index contributed by atoms with van der Waals surface area (Å²) in [7, 11) is 0. The molecule has 3 N–H and O–H groups in total. The molecule has 4 aromatic rings. The van der Waals surface area contributed by atoms with Crippen LogP contribution in [0.2, 0.25) is 0 Å². The van der Waals surface area contributed by atoms with Crippen LogP contribution in [0.4, 0.5) is 11.5 Å². The average molecular weight is 483 g/mol. The average Bonchev–Trinajstić information content (AvgIpc) is 3.79. The number of aliphatic hydroxyl groups is 1. The third kappa shape index (κ3) is 3.47. The van der Waals surface area contributed by atoms with Crippen LogP contribution in [0, 0.1) is 0 Å². The summed E-state index contributed by atoms with van der Waals surface area (Å²) < 4.78 is 3.69. The SMILES string of the molecule is CC(C)(O)c1cccc(-n2c3cc(Nc4ccc5c(c4)CNCC54CC4)ncc3c(=O)n2C2CC2)n1. The number of nitrogens with one attached hydrogen (secondary N) is 2. The van der Waals surface area contributed by atoms with Crippen LogP contribution in [0.3, 0.4) is 0 Å². The third-order valence-electron chi connectivity index (χ3n) is 7.82. The van der Waals surface area contributed by atoms with Gasteiger partial charge in [-0.1, -0.05) is 12.1 Å². The number of aromatic nitrogens is 4. The van der Waals surface area contributed by atoms with Gasteiger partial charge in [0.15, 0.2) is 5.82 Å². The van der Waals surface area contributed by atoms with Crippen LogP contribution in [-0.2, 0) is 17.6 Å². The fourth-order valence-electron chi connectivity index (χ4n) is 5.56. The molecule has 4 heterocycles. The second-order valence-corrected chi connectivity index (χ2v) is 11.1. The number of rotatable bonds is 5. The molecule has 2 saturated carbocycles. The van der Waals surface area contributed by atoms with Crippen LogP contribution in [0.5, 0.6) is 0 Å². The molecule has 2 aliphatic carbocycles. The van der Waals surface area contributed by atoms with Crippen molar-refractivity contribution in [2.24, 2.45) is 0 Å².